The van der Waals surface area contributed by atoms with E-state index in [9.17, 15) is 0 Å². The molecule has 2 aromatic rings. The lowest BCUT2D eigenvalue weighted by Crippen LogP contribution is -1.67. The minimum absolute atomic E-state index is 0.870. The molecule has 2 rings (SSSR count). The van der Waals surface area contributed by atoms with Gasteiger partial charge in [0.05, 0.1) is 4.34 Å². The van der Waals surface area contributed by atoms with Crippen LogP contribution in [0.5, 0.6) is 0 Å². The maximum absolute atomic E-state index is 5.87. The average molecular weight is 183 g/mol. The van der Waals surface area contributed by atoms with Gasteiger partial charge in [0.2, 0.25) is 0 Å². The molecule has 0 amide bonds. The van der Waals surface area contributed by atoms with Gasteiger partial charge in [-0.3, -0.25) is 0 Å². The molecule has 0 aliphatic carbocycles. The van der Waals surface area contributed by atoms with Crippen molar-refractivity contribution in [2.75, 3.05) is 0 Å². The van der Waals surface area contributed by atoms with E-state index in [0.29, 0.717) is 0 Å². The number of thiophene rings is 1. The minimum atomic E-state index is 0.870. The highest BCUT2D eigenvalue weighted by Gasteiger charge is 2.00. The first-order chi connectivity index (χ1) is 5.27. The largest absolute Gasteiger partial charge is 0.123 e. The summed E-state index contributed by atoms with van der Waals surface area (Å²) in [5.41, 5.74) is 1.31. The predicted octanol–water partition coefficient (Wildman–Crippen LogP) is 3.86. The van der Waals surface area contributed by atoms with Crippen LogP contribution in [0.4, 0.5) is 0 Å². The van der Waals surface area contributed by atoms with Crippen LogP contribution in [0.2, 0.25) is 4.34 Å². The van der Waals surface area contributed by atoms with Crippen LogP contribution in [0.15, 0.2) is 24.3 Å². The van der Waals surface area contributed by atoms with Crippen LogP contribution in [-0.4, -0.2) is 0 Å². The third kappa shape index (κ3) is 1.15. The molecule has 1 heterocycles. The molecule has 0 unspecified atom stereocenters. The maximum Gasteiger partial charge on any atom is 0.0940 e. The van der Waals surface area contributed by atoms with E-state index in [0.717, 1.165) is 4.34 Å². The quantitative estimate of drug-likeness (QED) is 0.581. The van der Waals surface area contributed by atoms with E-state index in [2.05, 4.69) is 25.1 Å². The summed E-state index contributed by atoms with van der Waals surface area (Å²) in [5.74, 6) is 0. The Kier molecular flexibility index (Phi) is 1.63. The summed E-state index contributed by atoms with van der Waals surface area (Å²) in [6.45, 7) is 2.11. The Labute approximate surface area is 74.4 Å². The van der Waals surface area contributed by atoms with Gasteiger partial charge in [-0.1, -0.05) is 29.8 Å². The molecule has 0 fully saturated rings. The summed E-state index contributed by atoms with van der Waals surface area (Å²) >= 11 is 7.52. The summed E-state index contributed by atoms with van der Waals surface area (Å²) in [4.78, 5) is 0. The molecule has 0 saturated carbocycles. The predicted molar refractivity (Wildman–Crippen MR) is 51.6 cm³/mol. The fourth-order valence-corrected chi connectivity index (χ4v) is 2.38. The third-order valence-electron chi connectivity index (χ3n) is 1.71. The van der Waals surface area contributed by atoms with E-state index >= 15 is 0 Å². The second-order valence-electron chi connectivity index (χ2n) is 2.54. The van der Waals surface area contributed by atoms with Crippen molar-refractivity contribution in [3.63, 3.8) is 0 Å². The topological polar surface area (TPSA) is 0 Å². The zero-order valence-electron chi connectivity index (χ0n) is 6.10. The molecule has 0 nitrogen and oxygen atoms in total. The van der Waals surface area contributed by atoms with Crippen molar-refractivity contribution < 1.29 is 0 Å². The van der Waals surface area contributed by atoms with Gasteiger partial charge >= 0.3 is 0 Å². The summed E-state index contributed by atoms with van der Waals surface area (Å²) in [6.07, 6.45) is 0. The van der Waals surface area contributed by atoms with Crippen LogP contribution in [0.25, 0.3) is 10.1 Å². The lowest BCUT2D eigenvalue weighted by atomic mass is 10.2. The van der Waals surface area contributed by atoms with Gasteiger partial charge in [-0.05, 0) is 23.9 Å². The van der Waals surface area contributed by atoms with E-state index < -0.39 is 0 Å². The summed E-state index contributed by atoms with van der Waals surface area (Å²) in [7, 11) is 0. The fraction of sp³-hybridized carbons (Fsp3) is 0.111. The van der Waals surface area contributed by atoms with Crippen LogP contribution in [0, 0.1) is 6.92 Å². The van der Waals surface area contributed by atoms with Gasteiger partial charge in [0.25, 0.3) is 0 Å². The van der Waals surface area contributed by atoms with Crippen molar-refractivity contribution in [2.24, 2.45) is 0 Å². The Hall–Kier alpha value is -0.530. The molecule has 0 aliphatic rings. The fourth-order valence-electron chi connectivity index (χ4n) is 1.18. The van der Waals surface area contributed by atoms with Gasteiger partial charge < -0.3 is 0 Å². The first-order valence-corrected chi connectivity index (χ1v) is 4.61. The van der Waals surface area contributed by atoms with Crippen molar-refractivity contribution in [3.05, 3.63) is 34.2 Å². The molecule has 0 bridgehead atoms. The number of hydrogen-bond acceptors (Lipinski definition) is 1. The van der Waals surface area contributed by atoms with Gasteiger partial charge in [-0.2, -0.15) is 0 Å². The smallest absolute Gasteiger partial charge is 0.0940 e. The van der Waals surface area contributed by atoms with E-state index in [4.69, 9.17) is 11.6 Å². The molecule has 2 heteroatoms. The molecule has 1 aromatic carbocycles. The lowest BCUT2D eigenvalue weighted by molar-refractivity contribution is 1.56. The van der Waals surface area contributed by atoms with Crippen molar-refractivity contribution in [3.8, 4) is 0 Å². The van der Waals surface area contributed by atoms with E-state index in [-0.39, 0.29) is 0 Å². The number of benzene rings is 1. The van der Waals surface area contributed by atoms with Gasteiger partial charge in [0.15, 0.2) is 0 Å². The maximum atomic E-state index is 5.87. The molecular formula is C9H7ClS. The SMILES string of the molecule is Cc1cccc2cc(Cl)sc12. The van der Waals surface area contributed by atoms with Gasteiger partial charge in [0, 0.05) is 4.70 Å². The zero-order chi connectivity index (χ0) is 7.84. The van der Waals surface area contributed by atoms with Gasteiger partial charge in [-0.25, -0.2) is 0 Å². The van der Waals surface area contributed by atoms with Gasteiger partial charge in [-0.15, -0.1) is 11.3 Å². The number of fused-ring (bicyclic) bond motifs is 1. The monoisotopic (exact) mass is 182 g/mol. The van der Waals surface area contributed by atoms with E-state index in [1.807, 2.05) is 6.07 Å². The number of aryl methyl sites for hydroxylation is 1. The van der Waals surface area contributed by atoms with Crippen molar-refractivity contribution in [2.45, 2.75) is 6.92 Å². The summed E-state index contributed by atoms with van der Waals surface area (Å²) in [5, 5.41) is 1.25. The Morgan fingerprint density at radius 1 is 1.36 bits per heavy atom. The molecular weight excluding hydrogens is 176 g/mol. The first kappa shape index (κ1) is 7.14. The highest BCUT2D eigenvalue weighted by Crippen LogP contribution is 2.31. The second-order valence-corrected chi connectivity index (χ2v) is 4.23. The third-order valence-corrected chi connectivity index (χ3v) is 3.13. The highest BCUT2D eigenvalue weighted by molar-refractivity contribution is 7.22. The van der Waals surface area contributed by atoms with Gasteiger partial charge in [0.1, 0.15) is 0 Å². The molecule has 1 aromatic heterocycles. The average Bonchev–Trinajstić information content (AvgIpc) is 2.31. The summed E-state index contributed by atoms with van der Waals surface area (Å²) in [6, 6.07) is 8.26. The Bertz CT molecular complexity index is 389. The standard InChI is InChI=1S/C9H7ClS/c1-6-3-2-4-7-5-8(10)11-9(6)7/h2-5H,1H3. The molecule has 11 heavy (non-hydrogen) atoms. The molecule has 0 spiro atoms. The molecule has 0 radical (unpaired) electrons. The molecule has 0 aliphatic heterocycles. The zero-order valence-corrected chi connectivity index (χ0v) is 7.67. The Morgan fingerprint density at radius 2 is 2.18 bits per heavy atom. The van der Waals surface area contributed by atoms with Crippen LogP contribution >= 0.6 is 22.9 Å². The number of hydrogen-bond donors (Lipinski definition) is 0. The van der Waals surface area contributed by atoms with E-state index in [1.54, 1.807) is 11.3 Å². The molecule has 56 valence electrons. The molecule has 0 atom stereocenters. The van der Waals surface area contributed by atoms with E-state index in [1.165, 1.54) is 15.6 Å². The number of halogens is 1. The minimum Gasteiger partial charge on any atom is -0.123 e. The molecule has 0 N–H and O–H groups in total. The van der Waals surface area contributed by atoms with Crippen molar-refractivity contribution >= 4 is 33.0 Å². The van der Waals surface area contributed by atoms with Crippen molar-refractivity contribution in [1.29, 1.82) is 0 Å². The number of rotatable bonds is 0. The highest BCUT2D eigenvalue weighted by atomic mass is 35.5. The first-order valence-electron chi connectivity index (χ1n) is 3.42. The van der Waals surface area contributed by atoms with Crippen molar-refractivity contribution in [1.82, 2.24) is 0 Å². The van der Waals surface area contributed by atoms with Crippen LogP contribution < -0.4 is 0 Å². The normalized spacial score (nSPS) is 10.7. The summed E-state index contributed by atoms with van der Waals surface area (Å²) < 4.78 is 2.17. The second kappa shape index (κ2) is 2.50. The van der Waals surface area contributed by atoms with Crippen LogP contribution in [-0.2, 0) is 0 Å². The molecule has 0 saturated heterocycles. The Morgan fingerprint density at radius 3 is 2.91 bits per heavy atom. The van der Waals surface area contributed by atoms with Crippen LogP contribution in [0.3, 0.4) is 0 Å². The van der Waals surface area contributed by atoms with Crippen LogP contribution in [0.1, 0.15) is 5.56 Å². The Balaban J connectivity index is 2.90. The lowest BCUT2D eigenvalue weighted by Gasteiger charge is -1.91.